The second kappa shape index (κ2) is 37.4. The largest absolute Gasteiger partial charge is 0.508 e. The smallest absolute Gasteiger partial charge is 0.433 e. The van der Waals surface area contributed by atoms with Crippen LogP contribution < -0.4 is 47.7 Å². The van der Waals surface area contributed by atoms with Crippen molar-refractivity contribution < 1.29 is 121 Å². The van der Waals surface area contributed by atoms with Gasteiger partial charge in [-0.15, -0.1) is 0 Å². The Bertz CT molecular complexity index is 4460. The van der Waals surface area contributed by atoms with Crippen molar-refractivity contribution in [3.63, 3.8) is 0 Å². The number of carboxylic acid groups (broad SMARTS) is 3. The number of esters is 1. The highest BCUT2D eigenvalue weighted by Gasteiger charge is 2.55. The zero-order valence-electron chi connectivity index (χ0n) is 62.4. The molecule has 7 heterocycles. The molecule has 4 fully saturated rings. The van der Waals surface area contributed by atoms with Gasteiger partial charge < -0.3 is 112 Å². The first-order valence-corrected chi connectivity index (χ1v) is 37.7. The number of carbonyl (C=O) groups is 14. The van der Waals surface area contributed by atoms with Gasteiger partial charge in [0.05, 0.1) is 24.3 Å². The van der Waals surface area contributed by atoms with Crippen molar-refractivity contribution in [1.29, 1.82) is 0 Å². The van der Waals surface area contributed by atoms with Crippen LogP contribution in [-0.4, -0.2) is 249 Å². The fraction of sp³-hybridized carbons (Fsp3) is 0.486. The number of aromatic hydroxyl groups is 2. The molecule has 15 N–H and O–H groups in total. The summed E-state index contributed by atoms with van der Waals surface area (Å²) in [5, 5.41) is 93.9. The normalized spacial score (nSPS) is 20.0. The molecule has 616 valence electrons. The summed E-state index contributed by atoms with van der Waals surface area (Å²) in [4.78, 5) is 210. The van der Waals surface area contributed by atoms with E-state index in [1.165, 1.54) is 42.2 Å². The number of fused-ring (bicyclic) bond motifs is 6. The topological polar surface area (TPSA) is 580 Å². The summed E-state index contributed by atoms with van der Waals surface area (Å²) >= 11 is 5.63. The number of carboxylic acids is 3. The monoisotopic (exact) mass is 1620 g/mol. The number of aliphatic carboxylic acids is 3. The Kier molecular flexibility index (Phi) is 27.6. The Balaban J connectivity index is 0.734. The number of oxime groups is 1. The molecule has 0 aliphatic carbocycles. The number of likely N-dealkylation sites (tertiary alicyclic amines) is 4. The minimum atomic E-state index is -1.80. The van der Waals surface area contributed by atoms with E-state index in [1.54, 1.807) is 30.3 Å². The van der Waals surface area contributed by atoms with Gasteiger partial charge in [-0.2, -0.15) is 0 Å². The number of aliphatic hydroxyl groups excluding tert-OH is 1. The highest BCUT2D eigenvalue weighted by molar-refractivity contribution is 7.80. The van der Waals surface area contributed by atoms with Crippen LogP contribution in [0.15, 0.2) is 76.3 Å². The number of ether oxygens (including phenoxy) is 2. The molecule has 0 bridgehead atoms. The molecule has 11 atom stereocenters. The first kappa shape index (κ1) is 84.9. The maximum atomic E-state index is 15.0. The number of rotatable bonds is 34. The molecule has 1 unspecified atom stereocenters. The zero-order valence-corrected chi connectivity index (χ0v) is 63.2. The van der Waals surface area contributed by atoms with Crippen LogP contribution in [0.4, 0.5) is 11.6 Å². The van der Waals surface area contributed by atoms with Crippen molar-refractivity contribution in [2.75, 3.05) is 38.0 Å². The lowest BCUT2D eigenvalue weighted by Crippen LogP contribution is -2.62. The number of hydrogen-bond acceptors (Lipinski definition) is 25. The molecule has 4 aromatic rings. The third-order valence-electron chi connectivity index (χ3n) is 20.6. The molecule has 40 nitrogen and oxygen atoms in total. The number of amides is 10. The molecule has 41 heteroatoms. The maximum Gasteiger partial charge on any atom is 0.433 e. The molecule has 0 saturated carbocycles. The van der Waals surface area contributed by atoms with Crippen molar-refractivity contribution in [3.05, 3.63) is 105 Å². The van der Waals surface area contributed by atoms with E-state index in [0.29, 0.717) is 61.0 Å². The van der Waals surface area contributed by atoms with Gasteiger partial charge in [-0.1, -0.05) is 5.16 Å². The first-order chi connectivity index (χ1) is 54.7. The molecule has 10 amide bonds. The number of nitro groups is 1. The van der Waals surface area contributed by atoms with E-state index >= 15 is 0 Å². The average Bonchev–Trinajstić information content (AvgIpc) is 1.55. The van der Waals surface area contributed by atoms with Crippen LogP contribution in [0.2, 0.25) is 0 Å². The molecule has 6 aliphatic rings. The van der Waals surface area contributed by atoms with Gasteiger partial charge in [0.25, 0.3) is 0 Å². The van der Waals surface area contributed by atoms with Crippen molar-refractivity contribution in [3.8, 4) is 23.0 Å². The van der Waals surface area contributed by atoms with Crippen LogP contribution in [0.1, 0.15) is 156 Å². The summed E-state index contributed by atoms with van der Waals surface area (Å²) in [6.07, 6.45) is -3.30. The van der Waals surface area contributed by atoms with Gasteiger partial charge >= 0.3 is 29.8 Å². The summed E-state index contributed by atoms with van der Waals surface area (Å²) in [5.74, 6) is -14.2. The molecule has 1 aromatic heterocycles. The Hall–Kier alpha value is -12.6. The number of anilines is 1. The van der Waals surface area contributed by atoms with Gasteiger partial charge in [0.2, 0.25) is 59.1 Å². The van der Waals surface area contributed by atoms with Gasteiger partial charge in [-0.05, 0) is 152 Å². The van der Waals surface area contributed by atoms with Crippen LogP contribution in [0.5, 0.6) is 23.0 Å². The Labute approximate surface area is 660 Å². The predicted octanol–water partition coefficient (Wildman–Crippen LogP) is 0.911. The van der Waals surface area contributed by atoms with E-state index in [9.17, 15) is 108 Å². The van der Waals surface area contributed by atoms with Crippen LogP contribution in [-0.2, 0) is 77.5 Å². The molecular formula is C74H88N14O26S. The highest BCUT2D eigenvalue weighted by atomic mass is 32.1. The number of carbonyl (C=O) groups excluding carboxylic acids is 11. The van der Waals surface area contributed by atoms with Gasteiger partial charge in [0.15, 0.2) is 16.5 Å². The van der Waals surface area contributed by atoms with E-state index in [0.717, 1.165) is 33.9 Å². The first-order valence-electron chi connectivity index (χ1n) is 37.3. The van der Waals surface area contributed by atoms with Crippen LogP contribution >= 0.6 is 12.2 Å². The van der Waals surface area contributed by atoms with Crippen LogP contribution in [0.25, 0.3) is 0 Å². The number of phenols is 2. The van der Waals surface area contributed by atoms with E-state index in [-0.39, 0.29) is 104 Å². The number of piperidine rings is 1. The van der Waals surface area contributed by atoms with Gasteiger partial charge in [0.1, 0.15) is 94.6 Å². The zero-order chi connectivity index (χ0) is 83.3. The van der Waals surface area contributed by atoms with Gasteiger partial charge in [-0.25, -0.2) is 4.79 Å². The van der Waals surface area contributed by atoms with E-state index in [4.69, 9.17) is 36.7 Å². The third kappa shape index (κ3) is 20.3. The van der Waals surface area contributed by atoms with E-state index in [1.807, 2.05) is 0 Å². The van der Waals surface area contributed by atoms with Gasteiger partial charge in [0, 0.05) is 92.8 Å². The number of nitrogens with one attached hydrogen (secondary N) is 7. The number of nitrogens with zero attached hydrogens (tertiary/aromatic N) is 6. The number of hydrogen-bond donors (Lipinski definition) is 14. The lowest BCUT2D eigenvalue weighted by molar-refractivity contribution is -0.402. The number of primary amides is 1. The molecule has 6 aliphatic heterocycles. The van der Waals surface area contributed by atoms with Crippen molar-refractivity contribution in [2.24, 2.45) is 10.9 Å². The molecule has 4 saturated heterocycles. The molecule has 0 radical (unpaired) electrons. The average molecular weight is 1620 g/mol. The lowest BCUT2D eigenvalue weighted by atomic mass is 9.77. The minimum Gasteiger partial charge on any atom is -0.508 e. The Morgan fingerprint density at radius 1 is 0.661 bits per heavy atom. The quantitative estimate of drug-likeness (QED) is 0.00772. The van der Waals surface area contributed by atoms with Crippen molar-refractivity contribution >= 4 is 118 Å². The second-order valence-electron chi connectivity index (χ2n) is 28.6. The summed E-state index contributed by atoms with van der Waals surface area (Å²) in [7, 11) is 0. The molecule has 3 aromatic carbocycles. The second-order valence-corrected chi connectivity index (χ2v) is 29.0. The van der Waals surface area contributed by atoms with E-state index < -0.39 is 205 Å². The lowest BCUT2D eigenvalue weighted by Gasteiger charge is -2.39. The summed E-state index contributed by atoms with van der Waals surface area (Å²) in [6, 6.07) is 2.57. The number of benzene rings is 3. The number of nitrogens with two attached hydrogens (primary N) is 1. The highest BCUT2D eigenvalue weighted by Crippen LogP contribution is 2.57. The fourth-order valence-electron chi connectivity index (χ4n) is 14.9. The van der Waals surface area contributed by atoms with Crippen LogP contribution in [0.3, 0.4) is 0 Å². The van der Waals surface area contributed by atoms with E-state index in [2.05, 4.69) is 42.4 Å². The number of unbranched alkanes of at least 4 members (excludes halogenated alkanes) is 1. The fourth-order valence-corrected chi connectivity index (χ4v) is 15.1. The Morgan fingerprint density at radius 3 is 1.87 bits per heavy atom. The van der Waals surface area contributed by atoms with Crippen LogP contribution in [0, 0.1) is 10.1 Å². The standard InChI is InChI=1S/C74H88N14O26S/c1-37(69(105)86-28-6-4-9-53(86)71(107)87-36-43(114-77-35-42-16-23-58(111-42)88(109)110)34-54(87)67(103)81-49(21-25-60(95)96)64(100)80-48(63(75)99)20-24-59(93)94)78-68(104)62(38(2)89)83-66(102)52-11-8-30-85(52)70(106)50(22-26-61(97)98)82-65(101)51-10-7-29-84(51)57(92)12-3-5-27-76-73(115)79-39-13-17-44-47(31-39)74(113-72(44)108)45-18-14-40(90)32-55(45)112-56-33-41(91)15-19-46(56)74/h13-19,23,31-33,35,37-38,43,48-54,62,89-91H,3-12,20-22,24-30,34,36H2,1-2H3,(H2,75,99)(H,78,104)(H,80,100)(H,81,103)(H,82,101)(H,83,102)(H,93,94)(H,95,96)(H,97,98)(H2,76,79,115)/b77-35-/t37-,38+,43-,48-,49-,50-,51-,52-,53?,54-,62-/m0/s1. The third-order valence-corrected chi connectivity index (χ3v) is 20.8. The number of phenolic OH excluding ortho intramolecular Hbond substituents is 2. The number of thiocarbonyl (C=S) groups is 1. The SMILES string of the molecule is C[C@H](NC(=O)[C@@H](NC(=O)[C@@H]1CCCN1C(=O)[C@H](CCC(=O)O)NC(=O)[C@@H]1CCCN1C(=O)CCCCNC(=S)Nc1ccc2c(c1)C1(OC2=O)c2ccc(O)cc2Oc2cc(O)ccc21)[C@@H](C)O)C(=O)N1CCCCC1C(=O)N1C[C@@H](O/N=C\c2ccc([N+](=O)[O-])o2)C[C@H]1C(=O)N[C@@H](CCC(=O)O)C(=O)N[C@@H](CCC(=O)O)C(N)=O. The van der Waals surface area contributed by atoms with Crippen molar-refractivity contribution in [1.82, 2.24) is 51.5 Å². The maximum absolute atomic E-state index is 15.0. The molecule has 10 rings (SSSR count). The molecular weight excluding hydrogens is 1530 g/mol. The molecule has 1 spiro atoms. The number of furan rings is 1. The summed E-state index contributed by atoms with van der Waals surface area (Å²) in [5.41, 5.74) is 5.95. The predicted molar refractivity (Wildman–Crippen MR) is 400 cm³/mol. The van der Waals surface area contributed by atoms with Crippen molar-refractivity contribution in [2.45, 2.75) is 195 Å². The summed E-state index contributed by atoms with van der Waals surface area (Å²) in [6.45, 7) is 2.36. The Morgan fingerprint density at radius 2 is 1.24 bits per heavy atom. The number of aliphatic hydroxyl groups is 1. The van der Waals surface area contributed by atoms with Gasteiger partial charge in [-0.3, -0.25) is 72.4 Å². The minimum absolute atomic E-state index is 0.00762. The summed E-state index contributed by atoms with van der Waals surface area (Å²) < 4.78 is 17.3. The molecule has 115 heavy (non-hydrogen) atoms.